The third kappa shape index (κ3) is 6.15. The first-order valence-corrected chi connectivity index (χ1v) is 10.0. The zero-order chi connectivity index (χ0) is 24.2. The average molecular weight is 465 g/mol. The molecule has 0 spiro atoms. The number of amides is 3. The van der Waals surface area contributed by atoms with Crippen molar-refractivity contribution >= 4 is 29.3 Å². The molecule has 0 saturated carbocycles. The van der Waals surface area contributed by atoms with Gasteiger partial charge in [0.15, 0.2) is 0 Å². The van der Waals surface area contributed by atoms with Gasteiger partial charge in [-0.05, 0) is 49.6 Å². The summed E-state index contributed by atoms with van der Waals surface area (Å²) < 4.78 is 45.8. The molecule has 0 aliphatic carbocycles. The number of ether oxygens (including phenoxy) is 2. The van der Waals surface area contributed by atoms with Crippen LogP contribution in [0.3, 0.4) is 0 Å². The van der Waals surface area contributed by atoms with Crippen molar-refractivity contribution < 1.29 is 37.0 Å². The van der Waals surface area contributed by atoms with E-state index in [9.17, 15) is 27.6 Å². The minimum absolute atomic E-state index is 0.107. The highest BCUT2D eigenvalue weighted by atomic mass is 19.4. The molecule has 0 aromatic heterocycles. The molecule has 2 aromatic rings. The summed E-state index contributed by atoms with van der Waals surface area (Å²) >= 11 is 0. The van der Waals surface area contributed by atoms with E-state index in [0.717, 1.165) is 12.1 Å². The molecule has 11 heteroatoms. The van der Waals surface area contributed by atoms with Crippen LogP contribution in [0, 0.1) is 6.92 Å². The summed E-state index contributed by atoms with van der Waals surface area (Å²) in [4.78, 5) is 38.7. The first-order valence-electron chi connectivity index (χ1n) is 10.0. The van der Waals surface area contributed by atoms with Crippen LogP contribution >= 0.6 is 0 Å². The van der Waals surface area contributed by atoms with Gasteiger partial charge in [0.05, 0.1) is 12.7 Å². The summed E-state index contributed by atoms with van der Waals surface area (Å²) in [5.74, 6) is -1.56. The number of halogens is 3. The fraction of sp³-hybridized carbons (Fsp3) is 0.318. The largest absolute Gasteiger partial charge is 0.573 e. The molecule has 1 heterocycles. The maximum atomic E-state index is 12.9. The predicted molar refractivity (Wildman–Crippen MR) is 113 cm³/mol. The van der Waals surface area contributed by atoms with Gasteiger partial charge in [-0.1, -0.05) is 12.1 Å². The number of benzene rings is 2. The normalized spacial score (nSPS) is 15.7. The Morgan fingerprint density at radius 1 is 1.09 bits per heavy atom. The number of urea groups is 1. The van der Waals surface area contributed by atoms with Crippen LogP contribution in [0.2, 0.25) is 0 Å². The zero-order valence-electron chi connectivity index (χ0n) is 17.9. The molecule has 2 aromatic carbocycles. The van der Waals surface area contributed by atoms with Crippen molar-refractivity contribution in [3.8, 4) is 5.75 Å². The highest BCUT2D eigenvalue weighted by molar-refractivity contribution is 6.00. The van der Waals surface area contributed by atoms with Crippen molar-refractivity contribution in [1.82, 2.24) is 4.90 Å². The van der Waals surface area contributed by atoms with Gasteiger partial charge in [0.1, 0.15) is 11.8 Å². The number of carbonyl (C=O) groups excluding carboxylic acids is 3. The Morgan fingerprint density at radius 2 is 1.85 bits per heavy atom. The number of anilines is 2. The fourth-order valence-corrected chi connectivity index (χ4v) is 3.47. The van der Waals surface area contributed by atoms with Gasteiger partial charge in [-0.15, -0.1) is 13.2 Å². The Bertz CT molecular complexity index is 1060. The van der Waals surface area contributed by atoms with E-state index in [2.05, 4.69) is 20.1 Å². The highest BCUT2D eigenvalue weighted by Crippen LogP contribution is 2.27. The van der Waals surface area contributed by atoms with Crippen molar-refractivity contribution in [1.29, 1.82) is 0 Å². The summed E-state index contributed by atoms with van der Waals surface area (Å²) in [6.45, 7) is 2.07. The van der Waals surface area contributed by atoms with E-state index in [1.807, 2.05) is 0 Å². The summed E-state index contributed by atoms with van der Waals surface area (Å²) in [6, 6.07) is 8.25. The van der Waals surface area contributed by atoms with Crippen LogP contribution in [-0.4, -0.2) is 48.9 Å². The second kappa shape index (κ2) is 9.80. The number of rotatable bonds is 5. The van der Waals surface area contributed by atoms with Crippen LogP contribution < -0.4 is 15.4 Å². The molecule has 2 N–H and O–H groups in total. The van der Waals surface area contributed by atoms with Crippen molar-refractivity contribution in [2.75, 3.05) is 24.3 Å². The highest BCUT2D eigenvalue weighted by Gasteiger charge is 2.35. The standard InChI is InChI=1S/C22H22F3N3O5/c1-13-8-9-14(20(30)32-2)11-17(13)27-21(31)28-10-4-7-18(28)19(29)26-15-5-3-6-16(12-15)33-22(23,24)25/h3,5-6,8-9,11-12,18H,4,7,10H2,1-2H3,(H,26,29)(H,27,31)/t18-/m0/s1. The third-order valence-electron chi connectivity index (χ3n) is 5.05. The summed E-state index contributed by atoms with van der Waals surface area (Å²) in [6.07, 6.45) is -3.89. The fourth-order valence-electron chi connectivity index (χ4n) is 3.47. The number of hydrogen-bond donors (Lipinski definition) is 2. The molecule has 1 fully saturated rings. The van der Waals surface area contributed by atoms with E-state index < -0.39 is 36.1 Å². The lowest BCUT2D eigenvalue weighted by molar-refractivity contribution is -0.274. The van der Waals surface area contributed by atoms with Crippen LogP contribution in [-0.2, 0) is 9.53 Å². The molecule has 3 rings (SSSR count). The van der Waals surface area contributed by atoms with Gasteiger partial charge in [-0.25, -0.2) is 9.59 Å². The van der Waals surface area contributed by atoms with Gasteiger partial charge in [0.2, 0.25) is 5.91 Å². The maximum absolute atomic E-state index is 12.9. The monoisotopic (exact) mass is 465 g/mol. The van der Waals surface area contributed by atoms with Crippen LogP contribution in [0.25, 0.3) is 0 Å². The number of alkyl halides is 3. The van der Waals surface area contributed by atoms with E-state index in [0.29, 0.717) is 30.6 Å². The minimum Gasteiger partial charge on any atom is -0.465 e. The van der Waals surface area contributed by atoms with Crippen molar-refractivity contribution in [2.24, 2.45) is 0 Å². The lowest BCUT2D eigenvalue weighted by Gasteiger charge is -2.25. The lowest BCUT2D eigenvalue weighted by atomic mass is 10.1. The first kappa shape index (κ1) is 23.9. The van der Waals surface area contributed by atoms with Gasteiger partial charge in [-0.2, -0.15) is 0 Å². The quantitative estimate of drug-likeness (QED) is 0.642. The molecule has 1 aliphatic heterocycles. The molecule has 3 amide bonds. The van der Waals surface area contributed by atoms with E-state index in [4.69, 9.17) is 0 Å². The topological polar surface area (TPSA) is 97.0 Å². The molecular weight excluding hydrogens is 443 g/mol. The van der Waals surface area contributed by atoms with Crippen molar-refractivity contribution in [3.05, 3.63) is 53.6 Å². The molecule has 1 aliphatic rings. The van der Waals surface area contributed by atoms with Crippen LogP contribution in [0.5, 0.6) is 5.75 Å². The molecular formula is C22H22F3N3O5. The number of nitrogens with one attached hydrogen (secondary N) is 2. The third-order valence-corrected chi connectivity index (χ3v) is 5.05. The minimum atomic E-state index is -4.85. The number of carbonyl (C=O) groups is 3. The number of esters is 1. The average Bonchev–Trinajstić information content (AvgIpc) is 3.24. The van der Waals surface area contributed by atoms with Gasteiger partial charge < -0.3 is 25.0 Å². The van der Waals surface area contributed by atoms with Gasteiger partial charge in [-0.3, -0.25) is 4.79 Å². The Labute approximate surface area is 187 Å². The Balaban J connectivity index is 1.69. The lowest BCUT2D eigenvalue weighted by Crippen LogP contribution is -2.45. The second-order valence-electron chi connectivity index (χ2n) is 7.37. The van der Waals surface area contributed by atoms with Crippen LogP contribution in [0.15, 0.2) is 42.5 Å². The summed E-state index contributed by atoms with van der Waals surface area (Å²) in [7, 11) is 1.25. The van der Waals surface area contributed by atoms with Gasteiger partial charge >= 0.3 is 18.4 Å². The Kier molecular flexibility index (Phi) is 7.10. The van der Waals surface area contributed by atoms with Crippen molar-refractivity contribution in [3.63, 3.8) is 0 Å². The summed E-state index contributed by atoms with van der Waals surface area (Å²) in [5.41, 5.74) is 1.47. The maximum Gasteiger partial charge on any atom is 0.573 e. The van der Waals surface area contributed by atoms with Crippen LogP contribution in [0.4, 0.5) is 29.3 Å². The SMILES string of the molecule is COC(=O)c1ccc(C)c(NC(=O)N2CCC[C@H]2C(=O)Nc2cccc(OC(F)(F)F)c2)c1. The smallest absolute Gasteiger partial charge is 0.465 e. The molecule has 0 bridgehead atoms. The van der Waals surface area contributed by atoms with Gasteiger partial charge in [0.25, 0.3) is 0 Å². The molecule has 33 heavy (non-hydrogen) atoms. The molecule has 1 atom stereocenters. The Morgan fingerprint density at radius 3 is 2.55 bits per heavy atom. The molecule has 8 nitrogen and oxygen atoms in total. The van der Waals surface area contributed by atoms with E-state index in [-0.39, 0.29) is 11.3 Å². The van der Waals surface area contributed by atoms with E-state index in [1.54, 1.807) is 19.1 Å². The van der Waals surface area contributed by atoms with Gasteiger partial charge in [0, 0.05) is 24.0 Å². The van der Waals surface area contributed by atoms with E-state index in [1.165, 1.54) is 30.2 Å². The second-order valence-corrected chi connectivity index (χ2v) is 7.37. The van der Waals surface area contributed by atoms with Crippen LogP contribution in [0.1, 0.15) is 28.8 Å². The molecule has 0 radical (unpaired) electrons. The number of hydrogen-bond acceptors (Lipinski definition) is 5. The number of likely N-dealkylation sites (tertiary alicyclic amines) is 1. The first-order chi connectivity index (χ1) is 15.6. The molecule has 0 unspecified atom stereocenters. The van der Waals surface area contributed by atoms with Crippen molar-refractivity contribution in [2.45, 2.75) is 32.2 Å². The molecule has 176 valence electrons. The number of methoxy groups -OCH3 is 1. The molecule has 1 saturated heterocycles. The Hall–Kier alpha value is -3.76. The summed E-state index contributed by atoms with van der Waals surface area (Å²) in [5, 5.41) is 5.24. The zero-order valence-corrected chi connectivity index (χ0v) is 17.9. The predicted octanol–water partition coefficient (Wildman–Crippen LogP) is 4.32. The number of nitrogens with zero attached hydrogens (tertiary/aromatic N) is 1. The number of aryl methyl sites for hydroxylation is 1. The van der Waals surface area contributed by atoms with E-state index >= 15 is 0 Å².